The third kappa shape index (κ3) is 3.90. The summed E-state index contributed by atoms with van der Waals surface area (Å²) in [6.07, 6.45) is -14.3. The fraction of sp³-hybridized carbons (Fsp3) is 0.455. The molecule has 7 heteroatoms. The first kappa shape index (κ1) is 14.8. The van der Waals surface area contributed by atoms with E-state index in [-0.39, 0.29) is 5.56 Å². The van der Waals surface area contributed by atoms with Gasteiger partial charge < -0.3 is 5.11 Å². The second-order valence-electron chi connectivity index (χ2n) is 3.82. The Bertz CT molecular complexity index is 355. The molecule has 0 aliphatic heterocycles. The predicted molar refractivity (Wildman–Crippen MR) is 51.8 cm³/mol. The summed E-state index contributed by atoms with van der Waals surface area (Å²) in [6.45, 7) is 0. The molecule has 0 amide bonds. The third-order valence-corrected chi connectivity index (χ3v) is 2.38. The van der Waals surface area contributed by atoms with E-state index < -0.39 is 30.8 Å². The number of benzene rings is 1. The molecular formula is C11H10F6O. The van der Waals surface area contributed by atoms with Crippen LogP contribution in [-0.2, 0) is 6.42 Å². The van der Waals surface area contributed by atoms with Crippen LogP contribution in [0.1, 0.15) is 5.56 Å². The fourth-order valence-corrected chi connectivity index (χ4v) is 1.60. The minimum atomic E-state index is -5.52. The van der Waals surface area contributed by atoms with Crippen molar-refractivity contribution in [1.29, 1.82) is 0 Å². The summed E-state index contributed by atoms with van der Waals surface area (Å²) in [4.78, 5) is 0. The number of rotatable bonds is 3. The minimum absolute atomic E-state index is 0.212. The van der Waals surface area contributed by atoms with Crippen LogP contribution in [0.2, 0.25) is 0 Å². The number of halogens is 6. The molecule has 18 heavy (non-hydrogen) atoms. The first-order chi connectivity index (χ1) is 8.12. The van der Waals surface area contributed by atoms with Crippen LogP contribution in [0.3, 0.4) is 0 Å². The summed E-state index contributed by atoms with van der Waals surface area (Å²) < 4.78 is 73.7. The van der Waals surface area contributed by atoms with Gasteiger partial charge in [-0.15, -0.1) is 0 Å². The Kier molecular flexibility index (Phi) is 4.26. The summed E-state index contributed by atoms with van der Waals surface area (Å²) >= 11 is 0. The van der Waals surface area contributed by atoms with Crippen molar-refractivity contribution in [2.24, 2.45) is 5.92 Å². The number of hydrogen-bond donors (Lipinski definition) is 1. The Hall–Kier alpha value is -1.24. The van der Waals surface area contributed by atoms with Crippen LogP contribution in [-0.4, -0.2) is 23.6 Å². The summed E-state index contributed by atoms with van der Waals surface area (Å²) in [7, 11) is 0. The largest absolute Gasteiger partial charge is 0.403 e. The molecule has 0 radical (unpaired) electrons. The summed E-state index contributed by atoms with van der Waals surface area (Å²) in [6, 6.07) is 7.22. The second-order valence-corrected chi connectivity index (χ2v) is 3.82. The van der Waals surface area contributed by atoms with E-state index in [4.69, 9.17) is 0 Å². The Labute approximate surface area is 99.0 Å². The van der Waals surface area contributed by atoms with Crippen molar-refractivity contribution in [3.05, 3.63) is 35.9 Å². The van der Waals surface area contributed by atoms with Crippen molar-refractivity contribution in [1.82, 2.24) is 0 Å². The van der Waals surface area contributed by atoms with Gasteiger partial charge >= 0.3 is 12.4 Å². The van der Waals surface area contributed by atoms with Gasteiger partial charge in [0.1, 0.15) is 0 Å². The molecule has 0 fully saturated rings. The monoisotopic (exact) mass is 272 g/mol. The molecule has 1 aromatic carbocycles. The Balaban J connectivity index is 2.88. The molecule has 1 nitrogen and oxygen atoms in total. The maximum atomic E-state index is 12.3. The van der Waals surface area contributed by atoms with Gasteiger partial charge in [-0.25, -0.2) is 0 Å². The van der Waals surface area contributed by atoms with Crippen LogP contribution in [0.15, 0.2) is 30.3 Å². The molecule has 1 N–H and O–H groups in total. The molecule has 0 bridgehead atoms. The molecule has 0 aliphatic rings. The maximum absolute atomic E-state index is 12.3. The van der Waals surface area contributed by atoms with Gasteiger partial charge in [0.25, 0.3) is 0 Å². The zero-order valence-electron chi connectivity index (χ0n) is 8.96. The van der Waals surface area contributed by atoms with E-state index in [9.17, 15) is 31.4 Å². The third-order valence-electron chi connectivity index (χ3n) is 2.38. The molecule has 0 aliphatic carbocycles. The average Bonchev–Trinajstić information content (AvgIpc) is 2.13. The van der Waals surface area contributed by atoms with E-state index in [1.54, 1.807) is 6.07 Å². The SMILES string of the molecule is OC(Cc1ccccc1)C(C(F)(F)F)C(F)(F)F. The van der Waals surface area contributed by atoms with Crippen molar-refractivity contribution in [3.63, 3.8) is 0 Å². The normalized spacial score (nSPS) is 14.9. The van der Waals surface area contributed by atoms with Gasteiger partial charge in [0.05, 0.1) is 6.10 Å². The van der Waals surface area contributed by atoms with Gasteiger partial charge in [-0.05, 0) is 12.0 Å². The van der Waals surface area contributed by atoms with Crippen molar-refractivity contribution >= 4 is 0 Å². The summed E-state index contributed by atoms with van der Waals surface area (Å²) in [5.41, 5.74) is 0.212. The number of alkyl halides is 6. The van der Waals surface area contributed by atoms with E-state index >= 15 is 0 Å². The lowest BCUT2D eigenvalue weighted by Gasteiger charge is -2.27. The molecule has 102 valence electrons. The molecule has 1 aromatic rings. The van der Waals surface area contributed by atoms with Crippen molar-refractivity contribution in [3.8, 4) is 0 Å². The van der Waals surface area contributed by atoms with Gasteiger partial charge in [-0.3, -0.25) is 0 Å². The van der Waals surface area contributed by atoms with Crippen LogP contribution in [0.4, 0.5) is 26.3 Å². The number of aliphatic hydroxyl groups excluding tert-OH is 1. The fourth-order valence-electron chi connectivity index (χ4n) is 1.60. The number of hydrogen-bond acceptors (Lipinski definition) is 1. The maximum Gasteiger partial charge on any atom is 0.403 e. The Morgan fingerprint density at radius 3 is 1.72 bits per heavy atom. The smallest absolute Gasteiger partial charge is 0.392 e. The van der Waals surface area contributed by atoms with E-state index in [0.717, 1.165) is 0 Å². The highest BCUT2D eigenvalue weighted by molar-refractivity contribution is 5.16. The minimum Gasteiger partial charge on any atom is -0.392 e. The quantitative estimate of drug-likeness (QED) is 0.837. The molecule has 0 heterocycles. The van der Waals surface area contributed by atoms with E-state index in [1.807, 2.05) is 0 Å². The van der Waals surface area contributed by atoms with Crippen LogP contribution >= 0.6 is 0 Å². The zero-order chi connectivity index (χ0) is 14.0. The lowest BCUT2D eigenvalue weighted by atomic mass is 9.95. The zero-order valence-corrected chi connectivity index (χ0v) is 8.96. The molecule has 0 aromatic heterocycles. The molecule has 0 saturated carbocycles. The first-order valence-electron chi connectivity index (χ1n) is 4.98. The molecular weight excluding hydrogens is 262 g/mol. The second kappa shape index (κ2) is 5.17. The lowest BCUT2D eigenvalue weighted by Crippen LogP contribution is -2.45. The first-order valence-corrected chi connectivity index (χ1v) is 4.98. The molecule has 1 atom stereocenters. The van der Waals surface area contributed by atoms with Gasteiger partial charge in [0.15, 0.2) is 5.92 Å². The summed E-state index contributed by atoms with van der Waals surface area (Å²) in [5.74, 6) is -3.73. The van der Waals surface area contributed by atoms with Crippen LogP contribution in [0.25, 0.3) is 0 Å². The Morgan fingerprint density at radius 1 is 0.889 bits per heavy atom. The summed E-state index contributed by atoms with van der Waals surface area (Å²) in [5, 5.41) is 9.19. The van der Waals surface area contributed by atoms with Gasteiger partial charge in [0.2, 0.25) is 0 Å². The van der Waals surface area contributed by atoms with Gasteiger partial charge in [0, 0.05) is 0 Å². The highest BCUT2D eigenvalue weighted by Gasteiger charge is 2.59. The Morgan fingerprint density at radius 2 is 1.33 bits per heavy atom. The van der Waals surface area contributed by atoms with Crippen molar-refractivity contribution < 1.29 is 31.4 Å². The number of aliphatic hydroxyl groups is 1. The predicted octanol–water partition coefficient (Wildman–Crippen LogP) is 3.33. The van der Waals surface area contributed by atoms with Gasteiger partial charge in [-0.1, -0.05) is 30.3 Å². The van der Waals surface area contributed by atoms with Crippen LogP contribution in [0, 0.1) is 5.92 Å². The van der Waals surface area contributed by atoms with Gasteiger partial charge in [-0.2, -0.15) is 26.3 Å². The molecule has 1 unspecified atom stereocenters. The average molecular weight is 272 g/mol. The van der Waals surface area contributed by atoms with E-state index in [0.29, 0.717) is 0 Å². The standard InChI is InChI=1S/C11H10F6O/c12-10(13,14)9(11(15,16)17)8(18)6-7-4-2-1-3-5-7/h1-5,8-9,18H,6H2. The van der Waals surface area contributed by atoms with E-state index in [1.165, 1.54) is 24.3 Å². The molecule has 1 rings (SSSR count). The lowest BCUT2D eigenvalue weighted by molar-refractivity contribution is -0.305. The van der Waals surface area contributed by atoms with Crippen molar-refractivity contribution in [2.75, 3.05) is 0 Å². The highest BCUT2D eigenvalue weighted by atomic mass is 19.4. The van der Waals surface area contributed by atoms with E-state index in [2.05, 4.69) is 0 Å². The molecule has 0 saturated heterocycles. The van der Waals surface area contributed by atoms with Crippen LogP contribution < -0.4 is 0 Å². The molecule has 0 spiro atoms. The topological polar surface area (TPSA) is 20.2 Å². The highest BCUT2D eigenvalue weighted by Crippen LogP contribution is 2.42. The van der Waals surface area contributed by atoms with Crippen LogP contribution in [0.5, 0.6) is 0 Å². The van der Waals surface area contributed by atoms with Crippen molar-refractivity contribution in [2.45, 2.75) is 24.9 Å².